The monoisotopic (exact) mass is 519 g/mol. The number of rotatable bonds is 9. The van der Waals surface area contributed by atoms with Crippen LogP contribution in [0.3, 0.4) is 0 Å². The molecule has 0 unspecified atom stereocenters. The Morgan fingerprint density at radius 2 is 1.57 bits per heavy atom. The molecule has 1 saturated heterocycles. The number of carbonyl (C=O) groups excluding carboxylic acids is 2. The maximum Gasteiger partial charge on any atom is 0.264 e. The molecule has 0 spiro atoms. The van der Waals surface area contributed by atoms with Crippen LogP contribution in [0.2, 0.25) is 0 Å². The van der Waals surface area contributed by atoms with E-state index >= 15 is 0 Å². The molecule has 0 aromatic heterocycles. The Hall–Kier alpha value is -3.65. The van der Waals surface area contributed by atoms with Crippen molar-refractivity contribution in [1.82, 2.24) is 10.2 Å². The summed E-state index contributed by atoms with van der Waals surface area (Å²) in [6, 6.07) is 19.8. The molecule has 7 nitrogen and oxygen atoms in total. The van der Waals surface area contributed by atoms with Crippen molar-refractivity contribution >= 4 is 27.5 Å². The zero-order valence-corrected chi connectivity index (χ0v) is 22.3. The van der Waals surface area contributed by atoms with Crippen LogP contribution in [0.15, 0.2) is 71.6 Å². The summed E-state index contributed by atoms with van der Waals surface area (Å²) in [5.41, 5.74) is 5.08. The van der Waals surface area contributed by atoms with Crippen molar-refractivity contribution in [2.24, 2.45) is 0 Å². The van der Waals surface area contributed by atoms with Crippen molar-refractivity contribution in [1.29, 1.82) is 0 Å². The summed E-state index contributed by atoms with van der Waals surface area (Å²) in [5.74, 6) is -0.272. The van der Waals surface area contributed by atoms with Crippen LogP contribution in [0.25, 0.3) is 0 Å². The van der Waals surface area contributed by atoms with Crippen LogP contribution in [0.5, 0.6) is 0 Å². The summed E-state index contributed by atoms with van der Waals surface area (Å²) in [6.45, 7) is 6.81. The molecule has 1 N–H and O–H groups in total. The molecular formula is C29H33N3O4S. The predicted molar refractivity (Wildman–Crippen MR) is 145 cm³/mol. The van der Waals surface area contributed by atoms with Gasteiger partial charge in [-0.3, -0.25) is 13.9 Å². The summed E-state index contributed by atoms with van der Waals surface area (Å²) in [5, 5.41) is 2.89. The van der Waals surface area contributed by atoms with Crippen molar-refractivity contribution in [3.05, 3.63) is 94.5 Å². The maximum atomic E-state index is 13.7. The normalized spacial score (nSPS) is 13.6. The molecule has 0 bridgehead atoms. The van der Waals surface area contributed by atoms with Gasteiger partial charge in [0.15, 0.2) is 0 Å². The molecule has 0 atom stereocenters. The highest BCUT2D eigenvalue weighted by molar-refractivity contribution is 7.92. The van der Waals surface area contributed by atoms with Crippen molar-refractivity contribution in [2.45, 2.75) is 51.6 Å². The molecule has 8 heteroatoms. The van der Waals surface area contributed by atoms with E-state index in [1.807, 2.05) is 56.0 Å². The summed E-state index contributed by atoms with van der Waals surface area (Å²) < 4.78 is 28.5. The van der Waals surface area contributed by atoms with Gasteiger partial charge in [0.1, 0.15) is 6.54 Å². The topological polar surface area (TPSA) is 86.8 Å². The zero-order chi connectivity index (χ0) is 26.6. The van der Waals surface area contributed by atoms with Crippen LogP contribution < -0.4 is 9.62 Å². The number of aryl methyl sites for hydroxylation is 3. The molecule has 37 heavy (non-hydrogen) atoms. The van der Waals surface area contributed by atoms with Crippen molar-refractivity contribution < 1.29 is 18.0 Å². The van der Waals surface area contributed by atoms with E-state index in [-0.39, 0.29) is 23.9 Å². The largest absolute Gasteiger partial charge is 0.350 e. The van der Waals surface area contributed by atoms with Gasteiger partial charge in [0.2, 0.25) is 11.8 Å². The highest BCUT2D eigenvalue weighted by Gasteiger charge is 2.28. The van der Waals surface area contributed by atoms with E-state index in [1.54, 1.807) is 36.4 Å². The molecule has 0 aliphatic carbocycles. The summed E-state index contributed by atoms with van der Waals surface area (Å²) in [4.78, 5) is 27.2. The van der Waals surface area contributed by atoms with Crippen LogP contribution in [0.4, 0.5) is 5.69 Å². The Labute approximate surface area is 219 Å². The number of nitrogens with one attached hydrogen (secondary N) is 1. The van der Waals surface area contributed by atoms with Crippen LogP contribution in [0.1, 0.15) is 40.7 Å². The maximum absolute atomic E-state index is 13.7. The molecule has 194 valence electrons. The van der Waals surface area contributed by atoms with Crippen LogP contribution in [-0.4, -0.2) is 38.2 Å². The van der Waals surface area contributed by atoms with Gasteiger partial charge in [-0.1, -0.05) is 48.0 Å². The van der Waals surface area contributed by atoms with Gasteiger partial charge in [0.05, 0.1) is 10.6 Å². The zero-order valence-electron chi connectivity index (χ0n) is 21.5. The van der Waals surface area contributed by atoms with Crippen LogP contribution in [0, 0.1) is 20.8 Å². The first kappa shape index (κ1) is 26.4. The summed E-state index contributed by atoms with van der Waals surface area (Å²) in [6.07, 6.45) is 1.43. The Bertz CT molecular complexity index is 1380. The molecule has 2 amide bonds. The Morgan fingerprint density at radius 3 is 2.19 bits per heavy atom. The molecule has 1 aliphatic heterocycles. The third-order valence-corrected chi connectivity index (χ3v) is 8.31. The number of benzene rings is 3. The van der Waals surface area contributed by atoms with Crippen LogP contribution in [-0.2, 0) is 32.7 Å². The predicted octanol–water partition coefficient (Wildman–Crippen LogP) is 4.25. The van der Waals surface area contributed by atoms with Crippen LogP contribution >= 0.6 is 0 Å². The number of sulfonamides is 1. The average molecular weight is 520 g/mol. The van der Waals surface area contributed by atoms with Gasteiger partial charge >= 0.3 is 0 Å². The SMILES string of the molecule is Cc1ccc(S(=O)(=O)N(CC(=O)NCc2ccccc2CN2CCCC2=O)c2cc(C)cc(C)c2)cc1. The summed E-state index contributed by atoms with van der Waals surface area (Å²) in [7, 11) is -3.98. The molecule has 0 saturated carbocycles. The first-order valence-corrected chi connectivity index (χ1v) is 13.9. The lowest BCUT2D eigenvalue weighted by atomic mass is 10.1. The molecule has 3 aromatic carbocycles. The first-order valence-electron chi connectivity index (χ1n) is 12.4. The van der Waals surface area contributed by atoms with E-state index < -0.39 is 15.9 Å². The fraction of sp³-hybridized carbons (Fsp3) is 0.310. The number of anilines is 1. The quantitative estimate of drug-likeness (QED) is 0.458. The number of likely N-dealkylation sites (tertiary alicyclic amines) is 1. The minimum Gasteiger partial charge on any atom is -0.350 e. The molecule has 0 radical (unpaired) electrons. The Kier molecular flexibility index (Phi) is 7.97. The van der Waals surface area contributed by atoms with Gasteiger partial charge in [-0.05, 0) is 73.7 Å². The fourth-order valence-corrected chi connectivity index (χ4v) is 5.99. The highest BCUT2D eigenvalue weighted by Crippen LogP contribution is 2.26. The van der Waals surface area contributed by atoms with Crippen molar-refractivity contribution in [2.75, 3.05) is 17.4 Å². The fourth-order valence-electron chi connectivity index (χ4n) is 4.59. The number of hydrogen-bond acceptors (Lipinski definition) is 4. The lowest BCUT2D eigenvalue weighted by molar-refractivity contribution is -0.128. The minimum atomic E-state index is -3.98. The minimum absolute atomic E-state index is 0.130. The second-order valence-electron chi connectivity index (χ2n) is 9.63. The van der Waals surface area contributed by atoms with Gasteiger partial charge in [0.25, 0.3) is 10.0 Å². The highest BCUT2D eigenvalue weighted by atomic mass is 32.2. The number of hydrogen-bond donors (Lipinski definition) is 1. The standard InChI is InChI=1S/C29H33N3O4S/c1-21-10-12-27(13-11-21)37(35,36)32(26-16-22(2)15-23(3)17-26)20-28(33)30-18-24-7-4-5-8-25(24)19-31-14-6-9-29(31)34/h4-5,7-8,10-13,15-17H,6,9,14,18-20H2,1-3H3,(H,30,33). The van der Waals surface area contributed by atoms with Gasteiger partial charge < -0.3 is 10.2 Å². The average Bonchev–Trinajstić information content (AvgIpc) is 3.25. The third-order valence-electron chi connectivity index (χ3n) is 6.52. The number of nitrogens with zero attached hydrogens (tertiary/aromatic N) is 2. The van der Waals surface area contributed by atoms with E-state index in [4.69, 9.17) is 0 Å². The molecule has 1 fully saturated rings. The molecular weight excluding hydrogens is 486 g/mol. The smallest absolute Gasteiger partial charge is 0.264 e. The Morgan fingerprint density at radius 1 is 0.919 bits per heavy atom. The molecule has 1 heterocycles. The first-order chi connectivity index (χ1) is 17.6. The lowest BCUT2D eigenvalue weighted by Gasteiger charge is -2.25. The van der Waals surface area contributed by atoms with E-state index in [0.29, 0.717) is 18.7 Å². The summed E-state index contributed by atoms with van der Waals surface area (Å²) >= 11 is 0. The van der Waals surface area contributed by atoms with Crippen molar-refractivity contribution in [3.8, 4) is 0 Å². The third kappa shape index (κ3) is 6.38. The molecule has 3 aromatic rings. The van der Waals surface area contributed by atoms with Gasteiger partial charge in [-0.15, -0.1) is 0 Å². The number of amides is 2. The second-order valence-corrected chi connectivity index (χ2v) is 11.5. The van der Waals surface area contributed by atoms with E-state index in [0.717, 1.165) is 40.8 Å². The second kappa shape index (κ2) is 11.2. The van der Waals surface area contributed by atoms with Crippen molar-refractivity contribution in [3.63, 3.8) is 0 Å². The molecule has 1 aliphatic rings. The van der Waals surface area contributed by atoms with Gasteiger partial charge in [-0.2, -0.15) is 0 Å². The number of carbonyl (C=O) groups is 2. The Balaban J connectivity index is 1.55. The van der Waals surface area contributed by atoms with Gasteiger partial charge in [0, 0.05) is 26.1 Å². The van der Waals surface area contributed by atoms with E-state index in [9.17, 15) is 18.0 Å². The lowest BCUT2D eigenvalue weighted by Crippen LogP contribution is -2.41. The molecule has 4 rings (SSSR count). The van der Waals surface area contributed by atoms with E-state index in [2.05, 4.69) is 5.32 Å². The van der Waals surface area contributed by atoms with Gasteiger partial charge in [-0.25, -0.2) is 8.42 Å². The van der Waals surface area contributed by atoms with E-state index in [1.165, 1.54) is 4.31 Å².